The molecule has 0 aromatic heterocycles. The lowest BCUT2D eigenvalue weighted by atomic mass is 9.89. The summed E-state index contributed by atoms with van der Waals surface area (Å²) in [6, 6.07) is 10.6. The summed E-state index contributed by atoms with van der Waals surface area (Å²) in [7, 11) is 0. The second-order valence-electron chi connectivity index (χ2n) is 6.67. The SMILES string of the molecule is O=C(CC1(O)CCCC1)N1CCC(c2ccccc2)CC1. The van der Waals surface area contributed by atoms with Gasteiger partial charge in [0.1, 0.15) is 0 Å². The monoisotopic (exact) mass is 287 g/mol. The van der Waals surface area contributed by atoms with Crippen LogP contribution < -0.4 is 0 Å². The van der Waals surface area contributed by atoms with Gasteiger partial charge in [-0.2, -0.15) is 0 Å². The van der Waals surface area contributed by atoms with Crippen LogP contribution in [-0.2, 0) is 4.79 Å². The van der Waals surface area contributed by atoms with Crippen LogP contribution in [0.4, 0.5) is 0 Å². The molecule has 114 valence electrons. The van der Waals surface area contributed by atoms with E-state index in [1.807, 2.05) is 11.0 Å². The molecule has 1 saturated carbocycles. The molecule has 3 heteroatoms. The Hall–Kier alpha value is -1.35. The Morgan fingerprint density at radius 2 is 1.76 bits per heavy atom. The Morgan fingerprint density at radius 1 is 1.14 bits per heavy atom. The molecule has 1 saturated heterocycles. The van der Waals surface area contributed by atoms with Crippen LogP contribution >= 0.6 is 0 Å². The van der Waals surface area contributed by atoms with Crippen LogP contribution in [0, 0.1) is 0 Å². The maximum absolute atomic E-state index is 12.4. The fraction of sp³-hybridized carbons (Fsp3) is 0.611. The van der Waals surface area contributed by atoms with Crippen LogP contribution in [0.2, 0.25) is 0 Å². The van der Waals surface area contributed by atoms with Gasteiger partial charge in [0.2, 0.25) is 5.91 Å². The zero-order valence-corrected chi connectivity index (χ0v) is 12.6. The second kappa shape index (κ2) is 6.18. The molecule has 0 unspecified atom stereocenters. The average molecular weight is 287 g/mol. The van der Waals surface area contributed by atoms with Gasteiger partial charge in [0.25, 0.3) is 0 Å². The summed E-state index contributed by atoms with van der Waals surface area (Å²) in [5.74, 6) is 0.718. The Labute approximate surface area is 127 Å². The molecule has 1 amide bonds. The molecule has 2 aliphatic rings. The lowest BCUT2D eigenvalue weighted by Gasteiger charge is -2.34. The first-order valence-electron chi connectivity index (χ1n) is 8.21. The van der Waals surface area contributed by atoms with Gasteiger partial charge in [-0.1, -0.05) is 43.2 Å². The second-order valence-corrected chi connectivity index (χ2v) is 6.67. The van der Waals surface area contributed by atoms with E-state index >= 15 is 0 Å². The molecule has 1 aromatic carbocycles. The van der Waals surface area contributed by atoms with Crippen molar-refractivity contribution in [3.8, 4) is 0 Å². The number of aliphatic hydroxyl groups is 1. The minimum Gasteiger partial charge on any atom is -0.389 e. The summed E-state index contributed by atoms with van der Waals surface area (Å²) in [4.78, 5) is 14.3. The van der Waals surface area contributed by atoms with Crippen molar-refractivity contribution in [2.45, 2.75) is 56.5 Å². The average Bonchev–Trinajstić information content (AvgIpc) is 2.94. The number of amides is 1. The molecule has 0 radical (unpaired) electrons. The molecule has 0 atom stereocenters. The van der Waals surface area contributed by atoms with Crippen LogP contribution in [0.15, 0.2) is 30.3 Å². The first kappa shape index (κ1) is 14.6. The smallest absolute Gasteiger partial charge is 0.225 e. The molecule has 1 aromatic rings. The fourth-order valence-electron chi connectivity index (χ4n) is 3.79. The Kier molecular flexibility index (Phi) is 4.29. The topological polar surface area (TPSA) is 40.5 Å². The zero-order chi connectivity index (χ0) is 14.7. The number of hydrogen-bond donors (Lipinski definition) is 1. The van der Waals surface area contributed by atoms with Crippen molar-refractivity contribution in [3.63, 3.8) is 0 Å². The van der Waals surface area contributed by atoms with Crippen molar-refractivity contribution in [3.05, 3.63) is 35.9 Å². The van der Waals surface area contributed by atoms with Crippen LogP contribution in [-0.4, -0.2) is 34.6 Å². The van der Waals surface area contributed by atoms with Gasteiger partial charge < -0.3 is 10.0 Å². The number of piperidine rings is 1. The minimum absolute atomic E-state index is 0.144. The Bertz CT molecular complexity index is 471. The molecule has 3 nitrogen and oxygen atoms in total. The van der Waals surface area contributed by atoms with Crippen molar-refractivity contribution in [1.82, 2.24) is 4.90 Å². The van der Waals surface area contributed by atoms with E-state index in [0.29, 0.717) is 12.3 Å². The highest BCUT2D eigenvalue weighted by Crippen LogP contribution is 2.34. The molecule has 2 fully saturated rings. The maximum atomic E-state index is 12.4. The first-order valence-corrected chi connectivity index (χ1v) is 8.21. The van der Waals surface area contributed by atoms with E-state index in [9.17, 15) is 9.90 Å². The highest BCUT2D eigenvalue weighted by molar-refractivity contribution is 5.77. The highest BCUT2D eigenvalue weighted by atomic mass is 16.3. The maximum Gasteiger partial charge on any atom is 0.225 e. The quantitative estimate of drug-likeness (QED) is 0.928. The summed E-state index contributed by atoms with van der Waals surface area (Å²) in [5, 5.41) is 10.4. The van der Waals surface area contributed by atoms with Crippen LogP contribution in [0.5, 0.6) is 0 Å². The van der Waals surface area contributed by atoms with Crippen LogP contribution in [0.1, 0.15) is 56.4 Å². The predicted molar refractivity (Wildman–Crippen MR) is 83.0 cm³/mol. The Morgan fingerprint density at radius 3 is 2.38 bits per heavy atom. The minimum atomic E-state index is -0.715. The van der Waals surface area contributed by atoms with Gasteiger partial charge in [0.15, 0.2) is 0 Å². The third-order valence-corrected chi connectivity index (χ3v) is 5.13. The van der Waals surface area contributed by atoms with Crippen molar-refractivity contribution < 1.29 is 9.90 Å². The van der Waals surface area contributed by atoms with Gasteiger partial charge in [0, 0.05) is 13.1 Å². The van der Waals surface area contributed by atoms with Gasteiger partial charge in [-0.05, 0) is 37.2 Å². The number of carbonyl (C=O) groups excluding carboxylic acids is 1. The van der Waals surface area contributed by atoms with Crippen molar-refractivity contribution in [1.29, 1.82) is 0 Å². The molecule has 1 N–H and O–H groups in total. The van der Waals surface area contributed by atoms with E-state index < -0.39 is 5.60 Å². The molecule has 21 heavy (non-hydrogen) atoms. The predicted octanol–water partition coefficient (Wildman–Crippen LogP) is 3.09. The van der Waals surface area contributed by atoms with Gasteiger partial charge >= 0.3 is 0 Å². The fourth-order valence-corrected chi connectivity index (χ4v) is 3.79. The van der Waals surface area contributed by atoms with E-state index in [0.717, 1.165) is 51.6 Å². The van der Waals surface area contributed by atoms with Crippen LogP contribution in [0.3, 0.4) is 0 Å². The van der Waals surface area contributed by atoms with Crippen molar-refractivity contribution >= 4 is 5.91 Å². The largest absolute Gasteiger partial charge is 0.389 e. The van der Waals surface area contributed by atoms with Gasteiger partial charge in [-0.3, -0.25) is 4.79 Å². The van der Waals surface area contributed by atoms with Gasteiger partial charge in [-0.25, -0.2) is 0 Å². The number of hydrogen-bond acceptors (Lipinski definition) is 2. The van der Waals surface area contributed by atoms with E-state index in [4.69, 9.17) is 0 Å². The van der Waals surface area contributed by atoms with E-state index in [1.54, 1.807) is 0 Å². The third kappa shape index (κ3) is 3.46. The van der Waals surface area contributed by atoms with E-state index in [1.165, 1.54) is 5.56 Å². The zero-order valence-electron chi connectivity index (χ0n) is 12.6. The molecule has 0 bridgehead atoms. The Balaban J connectivity index is 1.52. The lowest BCUT2D eigenvalue weighted by Crippen LogP contribution is -2.42. The van der Waals surface area contributed by atoms with Crippen molar-refractivity contribution in [2.75, 3.05) is 13.1 Å². The molecular weight excluding hydrogens is 262 g/mol. The first-order chi connectivity index (χ1) is 10.2. The molecule has 0 spiro atoms. The summed E-state index contributed by atoms with van der Waals surface area (Å²) in [6.45, 7) is 1.66. The number of carbonyl (C=O) groups is 1. The molecular formula is C18H25NO2. The summed E-state index contributed by atoms with van der Waals surface area (Å²) in [5.41, 5.74) is 0.673. The lowest BCUT2D eigenvalue weighted by molar-refractivity contribution is -0.137. The normalized spacial score (nSPS) is 22.4. The number of nitrogens with zero attached hydrogens (tertiary/aromatic N) is 1. The van der Waals surface area contributed by atoms with Crippen LogP contribution in [0.25, 0.3) is 0 Å². The molecule has 1 heterocycles. The van der Waals surface area contributed by atoms with Gasteiger partial charge in [-0.15, -0.1) is 0 Å². The number of benzene rings is 1. The molecule has 1 aliphatic heterocycles. The number of likely N-dealkylation sites (tertiary alicyclic amines) is 1. The summed E-state index contributed by atoms with van der Waals surface area (Å²) < 4.78 is 0. The van der Waals surface area contributed by atoms with Gasteiger partial charge in [0.05, 0.1) is 12.0 Å². The third-order valence-electron chi connectivity index (χ3n) is 5.13. The van der Waals surface area contributed by atoms with E-state index in [-0.39, 0.29) is 5.91 Å². The van der Waals surface area contributed by atoms with E-state index in [2.05, 4.69) is 24.3 Å². The summed E-state index contributed by atoms with van der Waals surface area (Å²) in [6.07, 6.45) is 6.09. The highest BCUT2D eigenvalue weighted by Gasteiger charge is 2.35. The molecule has 3 rings (SSSR count). The van der Waals surface area contributed by atoms with Crippen molar-refractivity contribution in [2.24, 2.45) is 0 Å². The standard InChI is InChI=1S/C18H25NO2/c20-17(14-18(21)10-4-5-11-18)19-12-8-16(9-13-19)15-6-2-1-3-7-15/h1-3,6-7,16,21H,4-5,8-14H2. The molecule has 1 aliphatic carbocycles. The number of rotatable bonds is 3. The summed E-state index contributed by atoms with van der Waals surface area (Å²) >= 11 is 0.